The number of nitrogens with zero attached hydrogens (tertiary/aromatic N) is 4. The maximum Gasteiger partial charge on any atom is 0.212 e. The predicted molar refractivity (Wildman–Crippen MR) is 114 cm³/mol. The summed E-state index contributed by atoms with van der Waals surface area (Å²) in [4.78, 5) is 0. The Balaban J connectivity index is 1.50. The minimum atomic E-state index is 0.274. The number of benzene rings is 2. The van der Waals surface area contributed by atoms with Crippen LogP contribution in [0, 0.1) is 0 Å². The van der Waals surface area contributed by atoms with Gasteiger partial charge in [0, 0.05) is 16.9 Å². The molecule has 0 N–H and O–H groups in total. The van der Waals surface area contributed by atoms with E-state index in [1.165, 1.54) is 12.8 Å². The van der Waals surface area contributed by atoms with Crippen molar-refractivity contribution >= 4 is 17.5 Å². The largest absolute Gasteiger partial charge is 0.493 e. The van der Waals surface area contributed by atoms with Crippen LogP contribution in [0.2, 0.25) is 0 Å². The maximum absolute atomic E-state index is 6.26. The molecular weight excluding hydrogens is 384 g/mol. The number of ether oxygens (including phenoxy) is 2. The number of fused-ring (bicyclic) bond motifs is 1. The zero-order valence-corrected chi connectivity index (χ0v) is 17.1. The van der Waals surface area contributed by atoms with Gasteiger partial charge in [0.15, 0.2) is 17.3 Å². The van der Waals surface area contributed by atoms with E-state index in [2.05, 4.69) is 10.2 Å². The van der Waals surface area contributed by atoms with Gasteiger partial charge in [-0.2, -0.15) is 9.78 Å². The fourth-order valence-corrected chi connectivity index (χ4v) is 4.61. The zero-order chi connectivity index (χ0) is 19.6. The third-order valence-electron chi connectivity index (χ3n) is 5.30. The molecule has 0 unspecified atom stereocenters. The molecular formula is C22H22N4O2S. The first-order valence-electron chi connectivity index (χ1n) is 9.88. The third-order valence-corrected chi connectivity index (χ3v) is 6.23. The van der Waals surface area contributed by atoms with E-state index in [0.29, 0.717) is 0 Å². The first-order valence-corrected chi connectivity index (χ1v) is 10.9. The first kappa shape index (κ1) is 18.2. The van der Waals surface area contributed by atoms with Gasteiger partial charge in [-0.25, -0.2) is 0 Å². The number of hydrogen-bond donors (Lipinski definition) is 0. The Labute approximate surface area is 173 Å². The Morgan fingerprint density at radius 1 is 0.966 bits per heavy atom. The highest BCUT2D eigenvalue weighted by Gasteiger charge is 2.23. The Hall–Kier alpha value is -2.80. The van der Waals surface area contributed by atoms with Gasteiger partial charge in [-0.05, 0) is 43.9 Å². The van der Waals surface area contributed by atoms with Crippen molar-refractivity contribution in [1.82, 2.24) is 14.9 Å². The van der Waals surface area contributed by atoms with Gasteiger partial charge in [0.1, 0.15) is 0 Å². The summed E-state index contributed by atoms with van der Waals surface area (Å²) in [6, 6.07) is 16.1. The molecule has 0 amide bonds. The topological polar surface area (TPSA) is 61.5 Å². The van der Waals surface area contributed by atoms with E-state index in [1.54, 1.807) is 18.9 Å². The van der Waals surface area contributed by atoms with Crippen molar-refractivity contribution in [1.29, 1.82) is 0 Å². The predicted octanol–water partition coefficient (Wildman–Crippen LogP) is 4.63. The Bertz CT molecular complexity index is 1040. The summed E-state index contributed by atoms with van der Waals surface area (Å²) in [5, 5.41) is 14.3. The van der Waals surface area contributed by atoms with Gasteiger partial charge >= 0.3 is 0 Å². The van der Waals surface area contributed by atoms with Crippen molar-refractivity contribution in [2.45, 2.75) is 36.9 Å². The number of hydrogen-bond acceptors (Lipinski definition) is 6. The van der Waals surface area contributed by atoms with Crippen LogP contribution in [-0.2, 0) is 0 Å². The van der Waals surface area contributed by atoms with E-state index in [4.69, 9.17) is 14.6 Å². The monoisotopic (exact) mass is 406 g/mol. The summed E-state index contributed by atoms with van der Waals surface area (Å²) in [6.45, 7) is 0. The van der Waals surface area contributed by atoms with Crippen LogP contribution in [0.1, 0.15) is 31.2 Å². The lowest BCUT2D eigenvalue weighted by atomic mass is 10.1. The fraction of sp³-hybridized carbons (Fsp3) is 0.318. The van der Waals surface area contributed by atoms with Gasteiger partial charge in [0.25, 0.3) is 0 Å². The standard InChI is InChI=1S/C22H22N4O2S/c1-27-19-12-11-16(13-20(19)28-17-9-5-6-10-17)18-14-29-22-24-23-21(26(22)25-18)15-7-3-2-4-8-15/h2-4,7-8,11-13,17H,5-6,9-10,14H2,1H3. The van der Waals surface area contributed by atoms with Gasteiger partial charge in [-0.1, -0.05) is 42.1 Å². The van der Waals surface area contributed by atoms with Gasteiger partial charge in [-0.15, -0.1) is 10.2 Å². The first-order chi connectivity index (χ1) is 14.3. The second kappa shape index (κ2) is 7.91. The number of rotatable bonds is 5. The molecule has 2 aliphatic rings. The molecule has 5 rings (SSSR count). The van der Waals surface area contributed by atoms with Crippen LogP contribution in [0.25, 0.3) is 11.4 Å². The third kappa shape index (κ3) is 3.62. The Morgan fingerprint density at radius 3 is 2.59 bits per heavy atom. The SMILES string of the molecule is COc1ccc(C2=Nn3c(nnc3-c3ccccc3)SC2)cc1OC1CCCC1. The average molecular weight is 407 g/mol. The number of aromatic nitrogens is 3. The summed E-state index contributed by atoms with van der Waals surface area (Å²) in [5.41, 5.74) is 3.00. The van der Waals surface area contributed by atoms with Crippen LogP contribution in [-0.4, -0.2) is 39.6 Å². The molecule has 0 saturated heterocycles. The minimum Gasteiger partial charge on any atom is -0.493 e. The van der Waals surface area contributed by atoms with Crippen LogP contribution in [0.3, 0.4) is 0 Å². The molecule has 148 valence electrons. The molecule has 6 nitrogen and oxygen atoms in total. The van der Waals surface area contributed by atoms with E-state index in [0.717, 1.165) is 57.9 Å². The highest BCUT2D eigenvalue weighted by Crippen LogP contribution is 2.34. The van der Waals surface area contributed by atoms with Crippen molar-refractivity contribution in [2.75, 3.05) is 12.9 Å². The van der Waals surface area contributed by atoms with Gasteiger partial charge < -0.3 is 9.47 Å². The molecule has 1 fully saturated rings. The van der Waals surface area contributed by atoms with Gasteiger partial charge in [0.05, 0.1) is 18.9 Å². The molecule has 29 heavy (non-hydrogen) atoms. The molecule has 1 aliphatic carbocycles. The molecule has 1 saturated carbocycles. The average Bonchev–Trinajstić information content (AvgIpc) is 3.43. The van der Waals surface area contributed by atoms with Crippen LogP contribution in [0.15, 0.2) is 58.8 Å². The molecule has 0 radical (unpaired) electrons. The van der Waals surface area contributed by atoms with Crippen molar-refractivity contribution in [3.8, 4) is 22.9 Å². The van der Waals surface area contributed by atoms with Crippen LogP contribution in [0.4, 0.5) is 0 Å². The van der Waals surface area contributed by atoms with E-state index >= 15 is 0 Å². The second-order valence-corrected chi connectivity index (χ2v) is 8.15. The second-order valence-electron chi connectivity index (χ2n) is 7.21. The van der Waals surface area contributed by atoms with E-state index in [1.807, 2.05) is 53.2 Å². The number of thioether (sulfide) groups is 1. The van der Waals surface area contributed by atoms with Crippen LogP contribution >= 0.6 is 11.8 Å². The highest BCUT2D eigenvalue weighted by molar-refractivity contribution is 7.99. The summed E-state index contributed by atoms with van der Waals surface area (Å²) < 4.78 is 13.6. The van der Waals surface area contributed by atoms with E-state index in [-0.39, 0.29) is 6.10 Å². The molecule has 0 spiro atoms. The summed E-state index contributed by atoms with van der Waals surface area (Å²) in [5.74, 6) is 3.05. The molecule has 1 aromatic heterocycles. The normalized spacial score (nSPS) is 16.4. The maximum atomic E-state index is 6.26. The zero-order valence-electron chi connectivity index (χ0n) is 16.2. The summed E-state index contributed by atoms with van der Waals surface area (Å²) >= 11 is 1.64. The lowest BCUT2D eigenvalue weighted by molar-refractivity contribution is 0.201. The van der Waals surface area contributed by atoms with Crippen LogP contribution in [0.5, 0.6) is 11.5 Å². The molecule has 2 heterocycles. The van der Waals surface area contributed by atoms with Crippen molar-refractivity contribution in [3.63, 3.8) is 0 Å². The molecule has 2 aromatic carbocycles. The lowest BCUT2D eigenvalue weighted by Gasteiger charge is -2.18. The van der Waals surface area contributed by atoms with Crippen molar-refractivity contribution in [3.05, 3.63) is 54.1 Å². The van der Waals surface area contributed by atoms with Crippen molar-refractivity contribution in [2.24, 2.45) is 5.10 Å². The van der Waals surface area contributed by atoms with Gasteiger partial charge in [0.2, 0.25) is 5.16 Å². The Morgan fingerprint density at radius 2 is 1.79 bits per heavy atom. The molecule has 7 heteroatoms. The lowest BCUT2D eigenvalue weighted by Crippen LogP contribution is -2.15. The van der Waals surface area contributed by atoms with E-state index < -0.39 is 0 Å². The summed E-state index contributed by atoms with van der Waals surface area (Å²) in [7, 11) is 1.68. The van der Waals surface area contributed by atoms with Crippen LogP contribution < -0.4 is 9.47 Å². The number of methoxy groups -OCH3 is 1. The highest BCUT2D eigenvalue weighted by atomic mass is 32.2. The molecule has 0 atom stereocenters. The van der Waals surface area contributed by atoms with Crippen molar-refractivity contribution < 1.29 is 9.47 Å². The minimum absolute atomic E-state index is 0.274. The molecule has 0 bridgehead atoms. The van der Waals surface area contributed by atoms with Gasteiger partial charge in [-0.3, -0.25) is 0 Å². The molecule has 1 aliphatic heterocycles. The quantitative estimate of drug-likeness (QED) is 0.618. The molecule has 3 aromatic rings. The fourth-order valence-electron chi connectivity index (χ4n) is 3.77. The Kier molecular flexibility index (Phi) is 4.97. The van der Waals surface area contributed by atoms with E-state index in [9.17, 15) is 0 Å². The summed E-state index contributed by atoms with van der Waals surface area (Å²) in [6.07, 6.45) is 4.95. The smallest absolute Gasteiger partial charge is 0.212 e.